The zero-order valence-electron chi connectivity index (χ0n) is 12.0. The molecule has 3 aromatic rings. The average Bonchev–Trinajstić information content (AvgIpc) is 3.14. The lowest BCUT2D eigenvalue weighted by molar-refractivity contribution is 0.615. The van der Waals surface area contributed by atoms with Crippen LogP contribution in [-0.4, -0.2) is 34.1 Å². The van der Waals surface area contributed by atoms with Crippen molar-refractivity contribution in [1.82, 2.24) is 15.0 Å². The molecule has 5 nitrogen and oxygen atoms in total. The average molecular weight is 297 g/mol. The van der Waals surface area contributed by atoms with Crippen molar-refractivity contribution in [2.45, 2.75) is 12.5 Å². The van der Waals surface area contributed by atoms with Gasteiger partial charge in [0.1, 0.15) is 0 Å². The Bertz CT molecular complexity index is 767. The molecule has 1 saturated heterocycles. The van der Waals surface area contributed by atoms with Crippen LogP contribution in [0, 0.1) is 5.82 Å². The number of rotatable bonds is 3. The van der Waals surface area contributed by atoms with Gasteiger partial charge in [-0.1, -0.05) is 12.1 Å². The second-order valence-corrected chi connectivity index (χ2v) is 5.49. The van der Waals surface area contributed by atoms with Crippen molar-refractivity contribution in [2.24, 2.45) is 0 Å². The van der Waals surface area contributed by atoms with E-state index in [1.165, 1.54) is 6.07 Å². The summed E-state index contributed by atoms with van der Waals surface area (Å²) >= 11 is 0. The number of benzene rings is 1. The molecule has 0 amide bonds. The minimum absolute atomic E-state index is 0.224. The standard InChI is InChI=1S/C16H16FN5/c17-12-4-3-8-18-15(12)22-9-7-11(10-22)19-16-20-13-5-1-2-6-14(13)21-16/h1-6,8,11H,7,9-10H2,(H2,19,20,21). The summed E-state index contributed by atoms with van der Waals surface area (Å²) in [4.78, 5) is 13.9. The highest BCUT2D eigenvalue weighted by Gasteiger charge is 2.25. The van der Waals surface area contributed by atoms with E-state index in [2.05, 4.69) is 20.3 Å². The molecular weight excluding hydrogens is 281 g/mol. The van der Waals surface area contributed by atoms with E-state index in [-0.39, 0.29) is 11.9 Å². The Labute approximate surface area is 127 Å². The maximum atomic E-state index is 13.8. The summed E-state index contributed by atoms with van der Waals surface area (Å²) < 4.78 is 13.8. The molecule has 1 aliphatic heterocycles. The van der Waals surface area contributed by atoms with Crippen LogP contribution in [-0.2, 0) is 0 Å². The number of anilines is 2. The number of halogens is 1. The Balaban J connectivity index is 1.48. The second kappa shape index (κ2) is 5.29. The molecule has 0 spiro atoms. The Morgan fingerprint density at radius 3 is 3.00 bits per heavy atom. The summed E-state index contributed by atoms with van der Waals surface area (Å²) in [6.45, 7) is 1.50. The van der Waals surface area contributed by atoms with Gasteiger partial charge in [-0.05, 0) is 30.7 Å². The van der Waals surface area contributed by atoms with E-state index in [9.17, 15) is 4.39 Å². The number of nitrogens with one attached hydrogen (secondary N) is 2. The summed E-state index contributed by atoms with van der Waals surface area (Å²) in [5, 5.41) is 3.39. The van der Waals surface area contributed by atoms with E-state index in [0.29, 0.717) is 12.4 Å². The number of para-hydroxylation sites is 2. The number of fused-ring (bicyclic) bond motifs is 1. The van der Waals surface area contributed by atoms with Crippen LogP contribution in [0.15, 0.2) is 42.6 Å². The maximum Gasteiger partial charge on any atom is 0.201 e. The van der Waals surface area contributed by atoms with Crippen LogP contribution in [0.1, 0.15) is 6.42 Å². The van der Waals surface area contributed by atoms with Gasteiger partial charge in [-0.2, -0.15) is 0 Å². The molecule has 112 valence electrons. The Hall–Kier alpha value is -2.63. The van der Waals surface area contributed by atoms with Gasteiger partial charge in [0.25, 0.3) is 0 Å². The molecule has 1 aromatic carbocycles. The number of pyridine rings is 1. The van der Waals surface area contributed by atoms with Gasteiger partial charge >= 0.3 is 0 Å². The fourth-order valence-electron chi connectivity index (χ4n) is 2.90. The van der Waals surface area contributed by atoms with Gasteiger partial charge in [-0.15, -0.1) is 0 Å². The van der Waals surface area contributed by atoms with E-state index in [0.717, 1.165) is 29.9 Å². The molecule has 0 bridgehead atoms. The van der Waals surface area contributed by atoms with Crippen molar-refractivity contribution < 1.29 is 4.39 Å². The minimum Gasteiger partial charge on any atom is -0.352 e. The Morgan fingerprint density at radius 1 is 1.23 bits per heavy atom. The van der Waals surface area contributed by atoms with Crippen molar-refractivity contribution in [3.63, 3.8) is 0 Å². The highest BCUT2D eigenvalue weighted by atomic mass is 19.1. The highest BCUT2D eigenvalue weighted by molar-refractivity contribution is 5.77. The molecule has 1 aliphatic rings. The smallest absolute Gasteiger partial charge is 0.201 e. The van der Waals surface area contributed by atoms with Crippen LogP contribution in [0.5, 0.6) is 0 Å². The molecule has 0 aliphatic carbocycles. The van der Waals surface area contributed by atoms with Gasteiger partial charge in [-0.25, -0.2) is 14.4 Å². The number of aromatic nitrogens is 3. The predicted molar refractivity (Wildman–Crippen MR) is 84.5 cm³/mol. The molecule has 22 heavy (non-hydrogen) atoms. The topological polar surface area (TPSA) is 56.8 Å². The fourth-order valence-corrected chi connectivity index (χ4v) is 2.90. The van der Waals surface area contributed by atoms with Gasteiger partial charge in [0.2, 0.25) is 5.95 Å². The first-order valence-electron chi connectivity index (χ1n) is 7.36. The highest BCUT2D eigenvalue weighted by Crippen LogP contribution is 2.23. The number of nitrogens with zero attached hydrogens (tertiary/aromatic N) is 3. The number of hydrogen-bond acceptors (Lipinski definition) is 4. The molecular formula is C16H16FN5. The van der Waals surface area contributed by atoms with E-state index >= 15 is 0 Å². The largest absolute Gasteiger partial charge is 0.352 e. The minimum atomic E-state index is -0.271. The van der Waals surface area contributed by atoms with Crippen LogP contribution in [0.2, 0.25) is 0 Å². The van der Waals surface area contributed by atoms with Crippen LogP contribution < -0.4 is 10.2 Å². The van der Waals surface area contributed by atoms with Gasteiger partial charge in [0, 0.05) is 25.3 Å². The van der Waals surface area contributed by atoms with Gasteiger partial charge in [0.05, 0.1) is 11.0 Å². The Kier molecular flexibility index (Phi) is 3.14. The fraction of sp³-hybridized carbons (Fsp3) is 0.250. The van der Waals surface area contributed by atoms with E-state index in [4.69, 9.17) is 0 Å². The molecule has 1 fully saturated rings. The predicted octanol–water partition coefficient (Wildman–Crippen LogP) is 2.79. The summed E-state index contributed by atoms with van der Waals surface area (Å²) in [6.07, 6.45) is 2.55. The molecule has 0 saturated carbocycles. The summed E-state index contributed by atoms with van der Waals surface area (Å²) in [5.41, 5.74) is 1.95. The van der Waals surface area contributed by atoms with Crippen LogP contribution >= 0.6 is 0 Å². The van der Waals surface area contributed by atoms with Crippen LogP contribution in [0.25, 0.3) is 11.0 Å². The quantitative estimate of drug-likeness (QED) is 0.780. The molecule has 3 heterocycles. The molecule has 2 N–H and O–H groups in total. The second-order valence-electron chi connectivity index (χ2n) is 5.49. The molecule has 0 radical (unpaired) electrons. The van der Waals surface area contributed by atoms with Gasteiger partial charge in [0.15, 0.2) is 11.6 Å². The van der Waals surface area contributed by atoms with E-state index < -0.39 is 0 Å². The van der Waals surface area contributed by atoms with Crippen molar-refractivity contribution in [3.8, 4) is 0 Å². The first kappa shape index (κ1) is 13.1. The SMILES string of the molecule is Fc1cccnc1N1CCC(Nc2nc3ccccc3[nH]2)C1. The van der Waals surface area contributed by atoms with Crippen LogP contribution in [0.3, 0.4) is 0 Å². The molecule has 1 atom stereocenters. The maximum absolute atomic E-state index is 13.8. The lowest BCUT2D eigenvalue weighted by Crippen LogP contribution is -2.27. The van der Waals surface area contributed by atoms with Crippen molar-refractivity contribution in [3.05, 3.63) is 48.4 Å². The lowest BCUT2D eigenvalue weighted by atomic mass is 10.3. The summed E-state index contributed by atoms with van der Waals surface area (Å²) in [5.74, 6) is 0.915. The summed E-state index contributed by atoms with van der Waals surface area (Å²) in [7, 11) is 0. The molecule has 2 aromatic heterocycles. The van der Waals surface area contributed by atoms with Gasteiger partial charge in [-0.3, -0.25) is 0 Å². The Morgan fingerprint density at radius 2 is 2.14 bits per heavy atom. The number of aromatic amines is 1. The normalized spacial score (nSPS) is 18.0. The molecule has 6 heteroatoms. The number of hydrogen-bond donors (Lipinski definition) is 2. The lowest BCUT2D eigenvalue weighted by Gasteiger charge is -2.18. The van der Waals surface area contributed by atoms with Crippen molar-refractivity contribution >= 4 is 22.8 Å². The molecule has 1 unspecified atom stereocenters. The molecule has 4 rings (SSSR count). The number of imidazole rings is 1. The number of H-pyrrole nitrogens is 1. The van der Waals surface area contributed by atoms with Crippen LogP contribution in [0.4, 0.5) is 16.2 Å². The summed E-state index contributed by atoms with van der Waals surface area (Å²) in [6, 6.07) is 11.2. The third-order valence-electron chi connectivity index (χ3n) is 3.96. The van der Waals surface area contributed by atoms with Gasteiger partial charge < -0.3 is 15.2 Å². The third-order valence-corrected chi connectivity index (χ3v) is 3.96. The van der Waals surface area contributed by atoms with E-state index in [1.807, 2.05) is 29.2 Å². The monoisotopic (exact) mass is 297 g/mol. The third kappa shape index (κ3) is 2.36. The van der Waals surface area contributed by atoms with E-state index in [1.54, 1.807) is 12.3 Å². The zero-order chi connectivity index (χ0) is 14.9. The first-order valence-corrected chi connectivity index (χ1v) is 7.36. The van der Waals surface area contributed by atoms with Crippen molar-refractivity contribution in [2.75, 3.05) is 23.3 Å². The zero-order valence-corrected chi connectivity index (χ0v) is 12.0. The van der Waals surface area contributed by atoms with Crippen molar-refractivity contribution in [1.29, 1.82) is 0 Å². The first-order chi connectivity index (χ1) is 10.8.